The molecule has 4 nitrogen and oxygen atoms in total. The van der Waals surface area contributed by atoms with Crippen LogP contribution in [-0.4, -0.2) is 45.5 Å². The van der Waals surface area contributed by atoms with E-state index in [1.807, 2.05) is 12.1 Å². The Morgan fingerprint density at radius 3 is 2.61 bits per heavy atom. The molecule has 0 saturated carbocycles. The molecule has 0 unspecified atom stereocenters. The second kappa shape index (κ2) is 11.1. The Bertz CT molecular complexity index is 711. The van der Waals surface area contributed by atoms with Crippen LogP contribution in [0.1, 0.15) is 30.4 Å². The maximum Gasteiger partial charge on any atom is 0.188 e. The largest absolute Gasteiger partial charge is 0.493 e. The van der Waals surface area contributed by atoms with Crippen molar-refractivity contribution in [3.8, 4) is 11.5 Å². The molecule has 28 heavy (non-hydrogen) atoms. The average molecular weight is 384 g/mol. The standard InChI is InChI=1S/C24H33NO3/c1-25-15-12-20(13-16-25)14-17-27-24-9-4-3-7-22(24)11-10-21-6-5-8-23(18-21)28-19-26-2/h3-9,18,20H,10-17,19H2,1-2H3. The van der Waals surface area contributed by atoms with Gasteiger partial charge < -0.3 is 19.1 Å². The van der Waals surface area contributed by atoms with Crippen LogP contribution in [0.25, 0.3) is 0 Å². The van der Waals surface area contributed by atoms with Gasteiger partial charge in [-0.15, -0.1) is 0 Å². The van der Waals surface area contributed by atoms with E-state index in [2.05, 4.69) is 48.3 Å². The van der Waals surface area contributed by atoms with Gasteiger partial charge in [-0.25, -0.2) is 0 Å². The van der Waals surface area contributed by atoms with E-state index in [-0.39, 0.29) is 6.79 Å². The van der Waals surface area contributed by atoms with Crippen LogP contribution in [0.5, 0.6) is 11.5 Å². The molecule has 2 aromatic rings. The fourth-order valence-electron chi connectivity index (χ4n) is 3.73. The summed E-state index contributed by atoms with van der Waals surface area (Å²) in [5.74, 6) is 2.68. The summed E-state index contributed by atoms with van der Waals surface area (Å²) in [5.41, 5.74) is 2.53. The Kier molecular flexibility index (Phi) is 8.19. The molecular formula is C24H33NO3. The number of hydrogen-bond donors (Lipinski definition) is 0. The van der Waals surface area contributed by atoms with E-state index in [1.54, 1.807) is 7.11 Å². The molecule has 0 spiro atoms. The summed E-state index contributed by atoms with van der Waals surface area (Å²) in [5, 5.41) is 0. The molecule has 0 bridgehead atoms. The summed E-state index contributed by atoms with van der Waals surface area (Å²) in [6, 6.07) is 16.7. The molecular weight excluding hydrogens is 350 g/mol. The molecule has 0 radical (unpaired) electrons. The lowest BCUT2D eigenvalue weighted by Crippen LogP contribution is -2.30. The van der Waals surface area contributed by atoms with Gasteiger partial charge in [0.2, 0.25) is 0 Å². The summed E-state index contributed by atoms with van der Waals surface area (Å²) in [4.78, 5) is 2.42. The van der Waals surface area contributed by atoms with Gasteiger partial charge in [0.25, 0.3) is 0 Å². The van der Waals surface area contributed by atoms with E-state index in [0.717, 1.165) is 43.3 Å². The van der Waals surface area contributed by atoms with E-state index >= 15 is 0 Å². The molecule has 1 aliphatic rings. The summed E-state index contributed by atoms with van der Waals surface area (Å²) in [6.45, 7) is 3.52. The number of hydrogen-bond acceptors (Lipinski definition) is 4. The lowest BCUT2D eigenvalue weighted by Gasteiger charge is -2.28. The van der Waals surface area contributed by atoms with Crippen LogP contribution < -0.4 is 9.47 Å². The molecule has 1 fully saturated rings. The predicted molar refractivity (Wildman–Crippen MR) is 113 cm³/mol. The van der Waals surface area contributed by atoms with Gasteiger partial charge in [-0.3, -0.25) is 0 Å². The number of para-hydroxylation sites is 1. The molecule has 0 N–H and O–H groups in total. The zero-order valence-electron chi connectivity index (χ0n) is 17.2. The molecule has 1 heterocycles. The maximum absolute atomic E-state index is 6.18. The van der Waals surface area contributed by atoms with Gasteiger partial charge in [0.1, 0.15) is 11.5 Å². The predicted octanol–water partition coefficient (Wildman–Crippen LogP) is 4.57. The number of piperidine rings is 1. The van der Waals surface area contributed by atoms with Crippen LogP contribution in [-0.2, 0) is 17.6 Å². The molecule has 2 aromatic carbocycles. The molecule has 0 aromatic heterocycles. The smallest absolute Gasteiger partial charge is 0.188 e. The average Bonchev–Trinajstić information content (AvgIpc) is 2.73. The van der Waals surface area contributed by atoms with Crippen molar-refractivity contribution < 1.29 is 14.2 Å². The number of rotatable bonds is 10. The first-order valence-corrected chi connectivity index (χ1v) is 10.3. The van der Waals surface area contributed by atoms with Gasteiger partial charge in [-0.2, -0.15) is 0 Å². The number of aryl methyl sites for hydroxylation is 2. The summed E-state index contributed by atoms with van der Waals surface area (Å²) < 4.78 is 16.7. The van der Waals surface area contributed by atoms with Crippen molar-refractivity contribution >= 4 is 0 Å². The third-order valence-corrected chi connectivity index (χ3v) is 5.52. The topological polar surface area (TPSA) is 30.9 Å². The highest BCUT2D eigenvalue weighted by molar-refractivity contribution is 5.35. The van der Waals surface area contributed by atoms with Gasteiger partial charge in [0.15, 0.2) is 6.79 Å². The molecule has 4 heteroatoms. The first-order valence-electron chi connectivity index (χ1n) is 10.3. The van der Waals surface area contributed by atoms with E-state index in [4.69, 9.17) is 14.2 Å². The van der Waals surface area contributed by atoms with Crippen LogP contribution in [0.2, 0.25) is 0 Å². The molecule has 0 aliphatic carbocycles. The number of ether oxygens (including phenoxy) is 3. The van der Waals surface area contributed by atoms with E-state index in [1.165, 1.54) is 37.1 Å². The van der Waals surface area contributed by atoms with E-state index in [0.29, 0.717) is 0 Å². The van der Waals surface area contributed by atoms with Crippen molar-refractivity contribution in [2.24, 2.45) is 5.92 Å². The first-order chi connectivity index (χ1) is 13.7. The quantitative estimate of drug-likeness (QED) is 0.563. The highest BCUT2D eigenvalue weighted by Gasteiger charge is 2.16. The van der Waals surface area contributed by atoms with Gasteiger partial charge in [-0.05, 0) is 87.5 Å². The number of benzene rings is 2. The minimum Gasteiger partial charge on any atom is -0.493 e. The van der Waals surface area contributed by atoms with Crippen LogP contribution in [0.15, 0.2) is 48.5 Å². The third kappa shape index (κ3) is 6.54. The van der Waals surface area contributed by atoms with Crippen LogP contribution in [0.4, 0.5) is 0 Å². The van der Waals surface area contributed by atoms with Crippen molar-refractivity contribution in [2.75, 3.05) is 40.6 Å². The van der Waals surface area contributed by atoms with Crippen LogP contribution in [0, 0.1) is 5.92 Å². The van der Waals surface area contributed by atoms with Crippen molar-refractivity contribution in [2.45, 2.75) is 32.1 Å². The Balaban J connectivity index is 1.49. The fraction of sp³-hybridized carbons (Fsp3) is 0.500. The van der Waals surface area contributed by atoms with Crippen molar-refractivity contribution in [1.29, 1.82) is 0 Å². The van der Waals surface area contributed by atoms with Gasteiger partial charge >= 0.3 is 0 Å². The highest BCUT2D eigenvalue weighted by atomic mass is 16.7. The van der Waals surface area contributed by atoms with Crippen molar-refractivity contribution in [3.05, 3.63) is 59.7 Å². The van der Waals surface area contributed by atoms with Crippen molar-refractivity contribution in [3.63, 3.8) is 0 Å². The minimum atomic E-state index is 0.275. The second-order valence-electron chi connectivity index (χ2n) is 7.69. The maximum atomic E-state index is 6.18. The van der Waals surface area contributed by atoms with Crippen LogP contribution >= 0.6 is 0 Å². The fourth-order valence-corrected chi connectivity index (χ4v) is 3.73. The molecule has 0 amide bonds. The van der Waals surface area contributed by atoms with Gasteiger partial charge in [-0.1, -0.05) is 30.3 Å². The number of nitrogens with zero attached hydrogens (tertiary/aromatic N) is 1. The third-order valence-electron chi connectivity index (χ3n) is 5.52. The van der Waals surface area contributed by atoms with Gasteiger partial charge in [0.05, 0.1) is 6.61 Å². The molecule has 0 atom stereocenters. The SMILES string of the molecule is COCOc1cccc(CCc2ccccc2OCCC2CCN(C)CC2)c1. The molecule has 152 valence electrons. The lowest BCUT2D eigenvalue weighted by atomic mass is 9.94. The summed E-state index contributed by atoms with van der Waals surface area (Å²) in [6.07, 6.45) is 5.66. The Morgan fingerprint density at radius 1 is 0.964 bits per heavy atom. The zero-order valence-corrected chi connectivity index (χ0v) is 17.2. The Labute approximate surface area is 169 Å². The highest BCUT2D eigenvalue weighted by Crippen LogP contribution is 2.24. The lowest BCUT2D eigenvalue weighted by molar-refractivity contribution is 0.0511. The number of methoxy groups -OCH3 is 1. The molecule has 1 saturated heterocycles. The zero-order chi connectivity index (χ0) is 19.6. The van der Waals surface area contributed by atoms with Crippen LogP contribution in [0.3, 0.4) is 0 Å². The Morgan fingerprint density at radius 2 is 1.79 bits per heavy atom. The van der Waals surface area contributed by atoms with Gasteiger partial charge in [0, 0.05) is 7.11 Å². The first kappa shape index (κ1) is 20.7. The van der Waals surface area contributed by atoms with E-state index in [9.17, 15) is 0 Å². The second-order valence-corrected chi connectivity index (χ2v) is 7.69. The summed E-state index contributed by atoms with van der Waals surface area (Å²) in [7, 11) is 3.84. The Hall–Kier alpha value is -2.04. The normalized spacial score (nSPS) is 15.5. The minimum absolute atomic E-state index is 0.275. The monoisotopic (exact) mass is 383 g/mol. The van der Waals surface area contributed by atoms with Crippen molar-refractivity contribution in [1.82, 2.24) is 4.90 Å². The number of likely N-dealkylation sites (tertiary alicyclic amines) is 1. The van der Waals surface area contributed by atoms with E-state index < -0.39 is 0 Å². The summed E-state index contributed by atoms with van der Waals surface area (Å²) >= 11 is 0. The molecule has 1 aliphatic heterocycles. The molecule has 3 rings (SSSR count).